The summed E-state index contributed by atoms with van der Waals surface area (Å²) in [6, 6.07) is 0. The van der Waals surface area contributed by atoms with E-state index in [0.29, 0.717) is 15.4 Å². The molecular weight excluding hydrogens is 217 g/mol. The summed E-state index contributed by atoms with van der Waals surface area (Å²) in [7, 11) is 0. The standard InChI is InChI=1S/C12H22Ge/c1-3-7-11(8-4-1)13-12-9-5-2-6-10-12/h11-12H,1-10H2. The topological polar surface area (TPSA) is 0 Å². The van der Waals surface area contributed by atoms with Crippen LogP contribution in [0, 0.1) is 0 Å². The van der Waals surface area contributed by atoms with Gasteiger partial charge in [0.25, 0.3) is 0 Å². The maximum atomic E-state index is 1.61. The quantitative estimate of drug-likeness (QED) is 0.633. The van der Waals surface area contributed by atoms with E-state index in [-0.39, 0.29) is 0 Å². The van der Waals surface area contributed by atoms with Gasteiger partial charge < -0.3 is 0 Å². The van der Waals surface area contributed by atoms with Gasteiger partial charge in [-0.05, 0) is 0 Å². The van der Waals surface area contributed by atoms with E-state index in [1.165, 1.54) is 22.3 Å². The van der Waals surface area contributed by atoms with E-state index in [0.717, 1.165) is 0 Å². The molecule has 2 aliphatic carbocycles. The molecule has 2 fully saturated rings. The third-order valence-corrected chi connectivity index (χ3v) is 8.08. The number of rotatable bonds is 2. The van der Waals surface area contributed by atoms with E-state index in [2.05, 4.69) is 0 Å². The van der Waals surface area contributed by atoms with Gasteiger partial charge in [0.2, 0.25) is 0 Å². The molecule has 0 aromatic rings. The average Bonchev–Trinajstić information content (AvgIpc) is 2.21. The van der Waals surface area contributed by atoms with Gasteiger partial charge in [-0.15, -0.1) is 0 Å². The Kier molecular flexibility index (Phi) is 4.21. The van der Waals surface area contributed by atoms with Crippen LogP contribution in [0.1, 0.15) is 64.2 Å². The maximum absolute atomic E-state index is 1.61. The molecule has 2 radical (unpaired) electrons. The van der Waals surface area contributed by atoms with Gasteiger partial charge in [0, 0.05) is 0 Å². The second-order valence-electron chi connectivity index (χ2n) is 4.84. The summed E-state index contributed by atoms with van der Waals surface area (Å²) in [5, 5.41) is 0. The van der Waals surface area contributed by atoms with Gasteiger partial charge in [0.1, 0.15) is 0 Å². The van der Waals surface area contributed by atoms with Crippen LogP contribution in [0.2, 0.25) is 9.50 Å². The summed E-state index contributed by atoms with van der Waals surface area (Å²) in [4.78, 5) is 0. The van der Waals surface area contributed by atoms with Crippen molar-refractivity contribution in [3.8, 4) is 0 Å². The van der Waals surface area contributed by atoms with Crippen LogP contribution >= 0.6 is 0 Å². The number of hydrogen-bond donors (Lipinski definition) is 0. The van der Waals surface area contributed by atoms with Crippen molar-refractivity contribution >= 4 is 15.4 Å². The van der Waals surface area contributed by atoms with Gasteiger partial charge >= 0.3 is 89.1 Å². The minimum atomic E-state index is 0.446. The molecule has 0 N–H and O–H groups in total. The molecule has 2 rings (SSSR count). The first-order valence-corrected chi connectivity index (χ1v) is 8.63. The first-order valence-electron chi connectivity index (χ1n) is 6.21. The van der Waals surface area contributed by atoms with Gasteiger partial charge in [-0.1, -0.05) is 0 Å². The van der Waals surface area contributed by atoms with Crippen LogP contribution in [0.25, 0.3) is 0 Å². The first kappa shape index (κ1) is 10.1. The second kappa shape index (κ2) is 5.43. The minimum absolute atomic E-state index is 0.446. The molecule has 2 saturated carbocycles. The SMILES string of the molecule is C1CC[CH]([Ge][CH]2CCCCC2)CC1. The van der Waals surface area contributed by atoms with E-state index < -0.39 is 0 Å². The van der Waals surface area contributed by atoms with Crippen LogP contribution in [-0.2, 0) is 0 Å². The van der Waals surface area contributed by atoms with Crippen LogP contribution in [0.15, 0.2) is 0 Å². The summed E-state index contributed by atoms with van der Waals surface area (Å²) >= 11 is 0.446. The second-order valence-corrected chi connectivity index (χ2v) is 8.96. The molecule has 0 bridgehead atoms. The van der Waals surface area contributed by atoms with E-state index in [9.17, 15) is 0 Å². The van der Waals surface area contributed by atoms with E-state index >= 15 is 0 Å². The van der Waals surface area contributed by atoms with E-state index in [4.69, 9.17) is 0 Å². The third-order valence-electron chi connectivity index (χ3n) is 3.68. The Hall–Kier alpha value is 0.543. The van der Waals surface area contributed by atoms with Crippen molar-refractivity contribution in [2.45, 2.75) is 73.7 Å². The van der Waals surface area contributed by atoms with Crippen molar-refractivity contribution in [2.24, 2.45) is 0 Å². The molecule has 74 valence electrons. The van der Waals surface area contributed by atoms with Crippen molar-refractivity contribution in [3.63, 3.8) is 0 Å². The molecule has 0 nitrogen and oxygen atoms in total. The Balaban J connectivity index is 1.69. The molecule has 0 aromatic carbocycles. The fourth-order valence-corrected chi connectivity index (χ4v) is 7.38. The zero-order chi connectivity index (χ0) is 8.93. The summed E-state index contributed by atoms with van der Waals surface area (Å²) in [6.45, 7) is 0. The molecule has 0 amide bonds. The van der Waals surface area contributed by atoms with Crippen molar-refractivity contribution in [2.75, 3.05) is 0 Å². The van der Waals surface area contributed by atoms with Crippen LogP contribution in [-0.4, -0.2) is 15.4 Å². The van der Waals surface area contributed by atoms with Crippen LogP contribution < -0.4 is 0 Å². The molecule has 0 unspecified atom stereocenters. The third kappa shape index (κ3) is 3.30. The summed E-state index contributed by atoms with van der Waals surface area (Å²) in [5.74, 6) is 0. The van der Waals surface area contributed by atoms with Gasteiger partial charge in [-0.25, -0.2) is 0 Å². The van der Waals surface area contributed by atoms with E-state index in [1.807, 2.05) is 0 Å². The molecule has 13 heavy (non-hydrogen) atoms. The Morgan fingerprint density at radius 2 is 0.923 bits per heavy atom. The van der Waals surface area contributed by atoms with Gasteiger partial charge in [-0.2, -0.15) is 0 Å². The molecule has 2 aliphatic rings. The van der Waals surface area contributed by atoms with Crippen molar-refractivity contribution in [3.05, 3.63) is 0 Å². The Bertz CT molecular complexity index is 116. The zero-order valence-electron chi connectivity index (χ0n) is 8.73. The molecule has 0 aromatic heterocycles. The average molecular weight is 239 g/mol. The molecular formula is C12H22Ge. The fraction of sp³-hybridized carbons (Fsp3) is 1.00. The van der Waals surface area contributed by atoms with E-state index in [1.54, 1.807) is 51.4 Å². The van der Waals surface area contributed by atoms with Gasteiger partial charge in [-0.3, -0.25) is 0 Å². The normalized spacial score (nSPS) is 27.7. The van der Waals surface area contributed by atoms with Crippen LogP contribution in [0.5, 0.6) is 0 Å². The summed E-state index contributed by atoms with van der Waals surface area (Å²) in [6.07, 6.45) is 15.7. The van der Waals surface area contributed by atoms with Crippen LogP contribution in [0.3, 0.4) is 0 Å². The Morgan fingerprint density at radius 3 is 1.31 bits per heavy atom. The van der Waals surface area contributed by atoms with Gasteiger partial charge in [0.05, 0.1) is 0 Å². The fourth-order valence-electron chi connectivity index (χ4n) is 2.87. The first-order chi connectivity index (χ1) is 6.45. The molecule has 0 saturated heterocycles. The predicted octanol–water partition coefficient (Wildman–Crippen LogP) is 4.20. The number of hydrogen-bond acceptors (Lipinski definition) is 0. The zero-order valence-corrected chi connectivity index (χ0v) is 10.8. The molecule has 0 atom stereocenters. The molecule has 0 spiro atoms. The monoisotopic (exact) mass is 240 g/mol. The van der Waals surface area contributed by atoms with Crippen molar-refractivity contribution in [1.29, 1.82) is 0 Å². The molecule has 1 heteroatoms. The summed E-state index contributed by atoms with van der Waals surface area (Å²) < 4.78 is 2.49. The predicted molar refractivity (Wildman–Crippen MR) is 59.4 cm³/mol. The van der Waals surface area contributed by atoms with Crippen molar-refractivity contribution in [1.82, 2.24) is 0 Å². The van der Waals surface area contributed by atoms with Crippen molar-refractivity contribution < 1.29 is 0 Å². The van der Waals surface area contributed by atoms with Crippen LogP contribution in [0.4, 0.5) is 0 Å². The molecule has 0 aliphatic heterocycles. The van der Waals surface area contributed by atoms with Gasteiger partial charge in [0.15, 0.2) is 0 Å². The molecule has 0 heterocycles. The Labute approximate surface area is 89.3 Å². The summed E-state index contributed by atoms with van der Waals surface area (Å²) in [5.41, 5.74) is 0. The Morgan fingerprint density at radius 1 is 0.538 bits per heavy atom.